The molecule has 3 unspecified atom stereocenters. The van der Waals surface area contributed by atoms with Crippen LogP contribution in [0.1, 0.15) is 65.2 Å². The highest BCUT2D eigenvalue weighted by Crippen LogP contribution is 2.65. The van der Waals surface area contributed by atoms with E-state index < -0.39 is 0 Å². The summed E-state index contributed by atoms with van der Waals surface area (Å²) in [5.74, 6) is 2.45. The third-order valence-electron chi connectivity index (χ3n) is 9.06. The Morgan fingerprint density at radius 1 is 1.14 bits per heavy atom. The van der Waals surface area contributed by atoms with E-state index in [-0.39, 0.29) is 16.9 Å². The van der Waals surface area contributed by atoms with E-state index in [1.54, 1.807) is 0 Å². The number of nitrogens with two attached hydrogens (primary N) is 1. The zero-order valence-corrected chi connectivity index (χ0v) is 17.7. The van der Waals surface area contributed by atoms with Gasteiger partial charge in [0.25, 0.3) is 0 Å². The van der Waals surface area contributed by atoms with E-state index in [0.29, 0.717) is 55.8 Å². The second-order valence-electron chi connectivity index (χ2n) is 10.3. The summed E-state index contributed by atoms with van der Waals surface area (Å²) < 4.78 is 5.44. The van der Waals surface area contributed by atoms with E-state index in [0.717, 1.165) is 51.4 Å². The van der Waals surface area contributed by atoms with Gasteiger partial charge < -0.3 is 15.6 Å². The fourth-order valence-corrected chi connectivity index (χ4v) is 7.47. The molecule has 5 nitrogen and oxygen atoms in total. The first kappa shape index (κ1) is 20.5. The largest absolute Gasteiger partial charge is 0.393 e. The highest BCUT2D eigenvalue weighted by Gasteiger charge is 2.61. The van der Waals surface area contributed by atoms with Crippen LogP contribution in [-0.2, 0) is 9.53 Å². The van der Waals surface area contributed by atoms with Crippen LogP contribution in [0, 0.1) is 34.5 Å². The van der Waals surface area contributed by atoms with Gasteiger partial charge in [0, 0.05) is 24.1 Å². The van der Waals surface area contributed by atoms with Crippen molar-refractivity contribution in [1.82, 2.24) is 0 Å². The van der Waals surface area contributed by atoms with Crippen LogP contribution < -0.4 is 5.73 Å². The molecule has 0 aromatic carbocycles. The fraction of sp³-hybridized carbons (Fsp3) is 0.913. The average Bonchev–Trinajstić information content (AvgIpc) is 2.98. The van der Waals surface area contributed by atoms with E-state index in [4.69, 9.17) is 15.5 Å². The Hall–Kier alpha value is -0.780. The molecule has 3 N–H and O–H groups in total. The molecule has 4 aliphatic carbocycles. The van der Waals surface area contributed by atoms with Gasteiger partial charge >= 0.3 is 0 Å². The topological polar surface area (TPSA) is 84.9 Å². The third-order valence-corrected chi connectivity index (χ3v) is 9.06. The van der Waals surface area contributed by atoms with E-state index in [1.807, 2.05) is 0 Å². The fourth-order valence-electron chi connectivity index (χ4n) is 7.47. The van der Waals surface area contributed by atoms with Gasteiger partial charge in [0.05, 0.1) is 25.9 Å². The summed E-state index contributed by atoms with van der Waals surface area (Å²) >= 11 is 0. The lowest BCUT2D eigenvalue weighted by atomic mass is 9.44. The molecule has 4 fully saturated rings. The standard InChI is InChI=1S/C23H38N2O3/c1-22-7-5-15(25-10-12-28-11-9-24)13-19(22)20(26)14-16-17-3-4-21(27)23(17,2)8-6-18(16)22/h16-20,26H,3-14,24H2,1-2H3/t16?,17?,18?,19-,20-,22-,23+/m1/s1. The maximum absolute atomic E-state index is 12.6. The van der Waals surface area contributed by atoms with Crippen LogP contribution in [0.2, 0.25) is 0 Å². The highest BCUT2D eigenvalue weighted by molar-refractivity contribution is 5.87. The number of aliphatic hydroxyl groups excluding tert-OH is 1. The van der Waals surface area contributed by atoms with Crippen LogP contribution in [0.5, 0.6) is 0 Å². The molecule has 158 valence electrons. The maximum atomic E-state index is 12.6. The van der Waals surface area contributed by atoms with Gasteiger partial charge in [0.1, 0.15) is 5.78 Å². The highest BCUT2D eigenvalue weighted by atomic mass is 16.5. The van der Waals surface area contributed by atoms with Crippen LogP contribution >= 0.6 is 0 Å². The van der Waals surface area contributed by atoms with Crippen molar-refractivity contribution in [3.63, 3.8) is 0 Å². The molecule has 4 rings (SSSR count). The predicted molar refractivity (Wildman–Crippen MR) is 110 cm³/mol. The average molecular weight is 391 g/mol. The van der Waals surface area contributed by atoms with Gasteiger partial charge in [-0.2, -0.15) is 0 Å². The predicted octanol–water partition coefficient (Wildman–Crippen LogP) is 2.99. The van der Waals surface area contributed by atoms with Gasteiger partial charge in [0.2, 0.25) is 0 Å². The Balaban J connectivity index is 1.47. The number of rotatable bonds is 5. The van der Waals surface area contributed by atoms with Crippen molar-refractivity contribution in [3.8, 4) is 0 Å². The van der Waals surface area contributed by atoms with Gasteiger partial charge in [-0.05, 0) is 74.0 Å². The second kappa shape index (κ2) is 7.81. The number of nitrogens with zero attached hydrogens (tertiary/aromatic N) is 1. The summed E-state index contributed by atoms with van der Waals surface area (Å²) in [4.78, 5) is 17.3. The normalized spacial score (nSPS) is 46.9. The van der Waals surface area contributed by atoms with Crippen molar-refractivity contribution in [2.24, 2.45) is 45.2 Å². The Morgan fingerprint density at radius 3 is 2.75 bits per heavy atom. The molecule has 7 atom stereocenters. The Morgan fingerprint density at radius 2 is 1.96 bits per heavy atom. The minimum Gasteiger partial charge on any atom is -0.393 e. The van der Waals surface area contributed by atoms with Crippen molar-refractivity contribution in [3.05, 3.63) is 0 Å². The molecule has 4 saturated carbocycles. The summed E-state index contributed by atoms with van der Waals surface area (Å²) in [6, 6.07) is 0. The van der Waals surface area contributed by atoms with Crippen LogP contribution in [0.15, 0.2) is 4.99 Å². The molecule has 0 saturated heterocycles. The summed E-state index contributed by atoms with van der Waals surface area (Å²) in [7, 11) is 0. The number of carbonyl (C=O) groups is 1. The van der Waals surface area contributed by atoms with Crippen LogP contribution in [0.3, 0.4) is 0 Å². The first-order chi connectivity index (χ1) is 13.4. The van der Waals surface area contributed by atoms with E-state index in [1.165, 1.54) is 5.71 Å². The summed E-state index contributed by atoms with van der Waals surface area (Å²) in [6.07, 6.45) is 7.71. The number of ketones is 1. The van der Waals surface area contributed by atoms with Crippen LogP contribution in [0.25, 0.3) is 0 Å². The summed E-state index contributed by atoms with van der Waals surface area (Å²) in [5.41, 5.74) is 6.78. The monoisotopic (exact) mass is 390 g/mol. The summed E-state index contributed by atoms with van der Waals surface area (Å²) in [6.45, 7) is 7.11. The SMILES string of the molecule is C[C@]12CCC3C(C[C@@H](O)[C@H]4CC(=NCCOCCN)CC[C@]34C)C1CCC2=O. The third kappa shape index (κ3) is 3.27. The van der Waals surface area contributed by atoms with Gasteiger partial charge in [-0.25, -0.2) is 0 Å². The lowest BCUT2D eigenvalue weighted by Crippen LogP contribution is -2.57. The Bertz CT molecular complexity index is 635. The minimum atomic E-state index is -0.261. The number of fused-ring (bicyclic) bond motifs is 5. The van der Waals surface area contributed by atoms with Crippen LogP contribution in [0.4, 0.5) is 0 Å². The molecule has 0 aromatic heterocycles. The lowest BCUT2D eigenvalue weighted by Gasteiger charge is -2.60. The first-order valence-electron chi connectivity index (χ1n) is 11.4. The smallest absolute Gasteiger partial charge is 0.139 e. The number of Topliss-reactive ketones (excluding diaryl/α,β-unsaturated/α-hetero) is 1. The van der Waals surface area contributed by atoms with Gasteiger partial charge in [-0.1, -0.05) is 13.8 Å². The number of hydrogen-bond acceptors (Lipinski definition) is 5. The Labute approximate surface area is 169 Å². The number of carbonyl (C=O) groups excluding carboxylic acids is 1. The van der Waals surface area contributed by atoms with E-state index >= 15 is 0 Å². The molecular formula is C23H38N2O3. The molecule has 0 aromatic rings. The van der Waals surface area contributed by atoms with Crippen LogP contribution in [-0.4, -0.2) is 49.0 Å². The maximum Gasteiger partial charge on any atom is 0.139 e. The second-order valence-corrected chi connectivity index (χ2v) is 10.3. The molecule has 4 aliphatic rings. The number of hydrogen-bond donors (Lipinski definition) is 2. The molecule has 0 spiro atoms. The van der Waals surface area contributed by atoms with Crippen molar-refractivity contribution in [2.45, 2.75) is 71.3 Å². The van der Waals surface area contributed by atoms with Gasteiger partial charge in [-0.3, -0.25) is 9.79 Å². The van der Waals surface area contributed by atoms with Crippen molar-refractivity contribution in [1.29, 1.82) is 0 Å². The molecule has 0 bridgehead atoms. The van der Waals surface area contributed by atoms with Gasteiger partial charge in [0.15, 0.2) is 0 Å². The quantitative estimate of drug-likeness (QED) is 0.707. The molecule has 0 amide bonds. The molecule has 0 radical (unpaired) electrons. The van der Waals surface area contributed by atoms with Crippen molar-refractivity contribution in [2.75, 3.05) is 26.3 Å². The molecule has 0 heterocycles. The van der Waals surface area contributed by atoms with E-state index in [2.05, 4.69) is 13.8 Å². The number of aliphatic imine (C=N–C) groups is 1. The molecular weight excluding hydrogens is 352 g/mol. The zero-order valence-electron chi connectivity index (χ0n) is 17.7. The molecule has 5 heteroatoms. The van der Waals surface area contributed by atoms with Gasteiger partial charge in [-0.15, -0.1) is 0 Å². The summed E-state index contributed by atoms with van der Waals surface area (Å²) in [5, 5.41) is 11.2. The van der Waals surface area contributed by atoms with Crippen molar-refractivity contribution < 1.29 is 14.6 Å². The number of ether oxygens (including phenoxy) is 1. The molecule has 0 aliphatic heterocycles. The first-order valence-corrected chi connectivity index (χ1v) is 11.4. The number of aliphatic hydroxyl groups is 1. The van der Waals surface area contributed by atoms with E-state index in [9.17, 15) is 9.90 Å². The minimum absolute atomic E-state index is 0.116. The Kier molecular flexibility index (Phi) is 5.71. The zero-order chi connectivity index (χ0) is 19.9. The lowest BCUT2D eigenvalue weighted by molar-refractivity contribution is -0.152. The molecule has 28 heavy (non-hydrogen) atoms. The van der Waals surface area contributed by atoms with Crippen molar-refractivity contribution >= 4 is 11.5 Å².